The topological polar surface area (TPSA) is 100 Å². The van der Waals surface area contributed by atoms with Gasteiger partial charge in [0.05, 0.1) is 5.69 Å². The van der Waals surface area contributed by atoms with E-state index in [1.54, 1.807) is 72.8 Å². The number of nitrogens with zero attached hydrogens (tertiary/aromatic N) is 1. The molecule has 3 amide bonds. The van der Waals surface area contributed by atoms with Gasteiger partial charge in [-0.1, -0.05) is 109 Å². The number of nitrogens with one attached hydrogen (secondary N) is 3. The molecule has 1 aromatic heterocycles. The van der Waals surface area contributed by atoms with Crippen LogP contribution in [0.15, 0.2) is 155 Å². The van der Waals surface area contributed by atoms with Gasteiger partial charge in [0.25, 0.3) is 11.8 Å². The smallest absolute Gasteiger partial charge is 0.272 e. The first-order chi connectivity index (χ1) is 23.9. The number of aromatic nitrogens is 1. The molecule has 0 aliphatic carbocycles. The molecule has 6 rings (SSSR count). The van der Waals surface area contributed by atoms with Crippen molar-refractivity contribution in [2.45, 2.75) is 10.1 Å². The molecule has 0 aliphatic rings. The predicted molar refractivity (Wildman–Crippen MR) is 200 cm³/mol. The number of halogens is 1. The number of carbonyl (C=O) groups is 3. The Bertz CT molecular complexity index is 2090. The van der Waals surface area contributed by atoms with Crippen LogP contribution in [0.25, 0.3) is 17.3 Å². The molecular formula is C39H29ClN4O3S2. The zero-order valence-electron chi connectivity index (χ0n) is 25.9. The van der Waals surface area contributed by atoms with Crippen LogP contribution in [-0.2, 0) is 9.59 Å². The fraction of sp³-hybridized carbons (Fsp3) is 0.0256. The van der Waals surface area contributed by atoms with Crippen molar-refractivity contribution in [3.63, 3.8) is 0 Å². The van der Waals surface area contributed by atoms with Crippen molar-refractivity contribution < 1.29 is 14.4 Å². The lowest BCUT2D eigenvalue weighted by atomic mass is 10.1. The van der Waals surface area contributed by atoms with E-state index < -0.39 is 17.1 Å². The third kappa shape index (κ3) is 9.11. The van der Waals surface area contributed by atoms with Crippen LogP contribution in [0.4, 0.5) is 10.8 Å². The van der Waals surface area contributed by atoms with Gasteiger partial charge in [0.15, 0.2) is 5.13 Å². The highest BCUT2D eigenvalue weighted by Gasteiger charge is 2.24. The van der Waals surface area contributed by atoms with Crippen molar-refractivity contribution in [1.82, 2.24) is 10.3 Å². The molecule has 0 bridgehead atoms. The number of thioether (sulfide) groups is 1. The van der Waals surface area contributed by atoms with E-state index in [4.69, 9.17) is 11.6 Å². The molecule has 7 nitrogen and oxygen atoms in total. The highest BCUT2D eigenvalue weighted by Crippen LogP contribution is 2.38. The minimum atomic E-state index is -0.609. The molecule has 5 aromatic carbocycles. The maximum atomic E-state index is 13.7. The maximum absolute atomic E-state index is 13.7. The van der Waals surface area contributed by atoms with Crippen LogP contribution < -0.4 is 16.0 Å². The fourth-order valence-corrected chi connectivity index (χ4v) is 6.73. The number of hydrogen-bond donors (Lipinski definition) is 3. The molecular weight excluding hydrogens is 672 g/mol. The Morgan fingerprint density at radius 3 is 2.14 bits per heavy atom. The summed E-state index contributed by atoms with van der Waals surface area (Å²) in [7, 11) is 0. The predicted octanol–water partition coefficient (Wildman–Crippen LogP) is 9.35. The van der Waals surface area contributed by atoms with Crippen molar-refractivity contribution in [2.75, 3.05) is 10.6 Å². The van der Waals surface area contributed by atoms with Gasteiger partial charge >= 0.3 is 0 Å². The Morgan fingerprint density at radius 2 is 1.43 bits per heavy atom. The van der Waals surface area contributed by atoms with Crippen molar-refractivity contribution in [2.24, 2.45) is 0 Å². The van der Waals surface area contributed by atoms with Gasteiger partial charge in [-0.2, -0.15) is 0 Å². The quantitative estimate of drug-likeness (QED) is 0.0924. The first-order valence-corrected chi connectivity index (χ1v) is 17.3. The van der Waals surface area contributed by atoms with E-state index in [1.807, 2.05) is 78.2 Å². The van der Waals surface area contributed by atoms with E-state index in [0.717, 1.165) is 21.7 Å². The maximum Gasteiger partial charge on any atom is 0.272 e. The van der Waals surface area contributed by atoms with Gasteiger partial charge in [0, 0.05) is 32.1 Å². The molecule has 1 heterocycles. The molecule has 242 valence electrons. The summed E-state index contributed by atoms with van der Waals surface area (Å²) in [6.07, 6.45) is 1.59. The molecule has 0 saturated carbocycles. The Morgan fingerprint density at radius 1 is 0.755 bits per heavy atom. The van der Waals surface area contributed by atoms with Crippen molar-refractivity contribution in [3.05, 3.63) is 172 Å². The van der Waals surface area contributed by atoms with Gasteiger partial charge in [-0.15, -0.1) is 23.1 Å². The first-order valence-electron chi connectivity index (χ1n) is 15.2. The average molecular weight is 701 g/mol. The second-order valence-corrected chi connectivity index (χ2v) is 13.2. The summed E-state index contributed by atoms with van der Waals surface area (Å²) >= 11 is 8.77. The van der Waals surface area contributed by atoms with Gasteiger partial charge in [-0.3, -0.25) is 14.4 Å². The molecule has 10 heteroatoms. The van der Waals surface area contributed by atoms with Crippen molar-refractivity contribution >= 4 is 69.3 Å². The molecule has 1 atom stereocenters. The summed E-state index contributed by atoms with van der Waals surface area (Å²) in [5.41, 5.74) is 4.21. The zero-order valence-corrected chi connectivity index (χ0v) is 28.3. The second-order valence-electron chi connectivity index (χ2n) is 10.7. The van der Waals surface area contributed by atoms with E-state index in [2.05, 4.69) is 20.9 Å². The van der Waals surface area contributed by atoms with Crippen LogP contribution in [0, 0.1) is 0 Å². The standard InChI is InChI=1S/C39H29ClN4O3S2/c40-30-21-19-26(20-22-30)23-33(42-36(45)29-15-8-3-9-16-29)37(46)41-31-17-10-18-32(24-31)49-35(28-13-6-2-7-14-28)38(47)44-39-43-34(25-48-39)27-11-4-1-5-12-27/h1-25,35H,(H,41,46)(H,42,45)(H,43,44,47)/b33-23-. The molecule has 0 spiro atoms. The van der Waals surface area contributed by atoms with E-state index in [9.17, 15) is 14.4 Å². The molecule has 0 saturated heterocycles. The molecule has 1 unspecified atom stereocenters. The van der Waals surface area contributed by atoms with Crippen LogP contribution in [0.3, 0.4) is 0 Å². The van der Waals surface area contributed by atoms with Gasteiger partial charge in [0.1, 0.15) is 10.9 Å². The van der Waals surface area contributed by atoms with Gasteiger partial charge in [0.2, 0.25) is 5.91 Å². The monoisotopic (exact) mass is 700 g/mol. The number of rotatable bonds is 11. The third-order valence-electron chi connectivity index (χ3n) is 7.20. The summed E-state index contributed by atoms with van der Waals surface area (Å²) in [6.45, 7) is 0. The Hall–Kier alpha value is -5.48. The SMILES string of the molecule is O=C(Nc1cccc(SC(C(=O)Nc2nc(-c3ccccc3)cs2)c2ccccc2)c1)/C(=C/c1ccc(Cl)cc1)NC(=O)c1ccccc1. The highest BCUT2D eigenvalue weighted by molar-refractivity contribution is 8.00. The van der Waals surface area contributed by atoms with E-state index >= 15 is 0 Å². The lowest BCUT2D eigenvalue weighted by molar-refractivity contribution is -0.116. The third-order valence-corrected chi connectivity index (χ3v) is 9.46. The number of benzene rings is 5. The zero-order chi connectivity index (χ0) is 34.0. The molecule has 6 aromatic rings. The molecule has 0 aliphatic heterocycles. The van der Waals surface area contributed by atoms with E-state index in [-0.39, 0.29) is 11.6 Å². The minimum Gasteiger partial charge on any atom is -0.321 e. The molecule has 49 heavy (non-hydrogen) atoms. The summed E-state index contributed by atoms with van der Waals surface area (Å²) in [5.74, 6) is -1.17. The number of hydrogen-bond acceptors (Lipinski definition) is 6. The van der Waals surface area contributed by atoms with Crippen molar-refractivity contribution in [3.8, 4) is 11.3 Å². The lowest BCUT2D eigenvalue weighted by Crippen LogP contribution is -2.30. The average Bonchev–Trinajstić information content (AvgIpc) is 3.61. The van der Waals surface area contributed by atoms with E-state index in [1.165, 1.54) is 23.1 Å². The largest absolute Gasteiger partial charge is 0.321 e. The number of thiazole rings is 1. The van der Waals surface area contributed by atoms with Crippen molar-refractivity contribution in [1.29, 1.82) is 0 Å². The lowest BCUT2D eigenvalue weighted by Gasteiger charge is -2.17. The number of anilines is 2. The van der Waals surface area contributed by atoms with E-state index in [0.29, 0.717) is 27.0 Å². The van der Waals surface area contributed by atoms with Crippen LogP contribution in [0.1, 0.15) is 26.7 Å². The Balaban J connectivity index is 1.21. The molecule has 0 fully saturated rings. The second kappa shape index (κ2) is 16.1. The summed E-state index contributed by atoms with van der Waals surface area (Å²) in [4.78, 5) is 45.8. The highest BCUT2D eigenvalue weighted by atomic mass is 35.5. The van der Waals surface area contributed by atoms with Gasteiger partial charge in [-0.25, -0.2) is 4.98 Å². The normalized spacial score (nSPS) is 11.7. The van der Waals surface area contributed by atoms with Gasteiger partial charge < -0.3 is 16.0 Å². The summed E-state index contributed by atoms with van der Waals surface area (Å²) < 4.78 is 0. The number of carbonyl (C=O) groups excluding carboxylic acids is 3. The number of amides is 3. The Kier molecular flexibility index (Phi) is 11.0. The van der Waals surface area contributed by atoms with Crippen LogP contribution in [0.5, 0.6) is 0 Å². The van der Waals surface area contributed by atoms with Crippen LogP contribution >= 0.6 is 34.7 Å². The molecule has 3 N–H and O–H groups in total. The summed E-state index contributed by atoms with van der Waals surface area (Å²) in [6, 6.07) is 42.1. The van der Waals surface area contributed by atoms with Crippen LogP contribution in [0.2, 0.25) is 5.02 Å². The Labute approximate surface area is 297 Å². The fourth-order valence-electron chi connectivity index (χ4n) is 4.79. The first kappa shape index (κ1) is 33.4. The van der Waals surface area contributed by atoms with Crippen LogP contribution in [-0.4, -0.2) is 22.7 Å². The summed E-state index contributed by atoms with van der Waals surface area (Å²) in [5, 5.41) is 11.0. The molecule has 0 radical (unpaired) electrons. The van der Waals surface area contributed by atoms with Gasteiger partial charge in [-0.05, 0) is 59.7 Å². The minimum absolute atomic E-state index is 0.0501.